The van der Waals surface area contributed by atoms with Gasteiger partial charge in [-0.25, -0.2) is 12.7 Å². The molecule has 2 aromatic rings. The predicted molar refractivity (Wildman–Crippen MR) is 101 cm³/mol. The Morgan fingerprint density at radius 1 is 1.04 bits per heavy atom. The van der Waals surface area contributed by atoms with Crippen molar-refractivity contribution in [2.24, 2.45) is 0 Å². The molecule has 0 atom stereocenters. The van der Waals surface area contributed by atoms with Crippen LogP contribution in [0.25, 0.3) is 4.91 Å². The Labute approximate surface area is 152 Å². The van der Waals surface area contributed by atoms with Gasteiger partial charge in [0.2, 0.25) is 0 Å². The molecular formula is C19H20N2O4S. The van der Waals surface area contributed by atoms with Crippen molar-refractivity contribution in [3.8, 4) is 5.75 Å². The van der Waals surface area contributed by atoms with Crippen molar-refractivity contribution in [1.29, 1.82) is 0 Å². The van der Waals surface area contributed by atoms with Crippen molar-refractivity contribution < 1.29 is 18.3 Å². The molecule has 0 aromatic heterocycles. The van der Waals surface area contributed by atoms with Gasteiger partial charge in [-0.1, -0.05) is 43.7 Å². The van der Waals surface area contributed by atoms with Crippen molar-refractivity contribution in [2.75, 3.05) is 11.9 Å². The van der Waals surface area contributed by atoms with Crippen LogP contribution in [0.3, 0.4) is 0 Å². The van der Waals surface area contributed by atoms with Crippen LogP contribution in [0.1, 0.15) is 25.3 Å². The minimum Gasteiger partial charge on any atom is -0.508 e. The summed E-state index contributed by atoms with van der Waals surface area (Å²) in [5.74, 6) is -0.479. The number of nitrogens with zero attached hydrogens (tertiary/aromatic N) is 1. The first-order chi connectivity index (χ1) is 12.4. The predicted octanol–water partition coefficient (Wildman–Crippen LogP) is 3.15. The van der Waals surface area contributed by atoms with E-state index in [-0.39, 0.29) is 22.9 Å². The van der Waals surface area contributed by atoms with E-state index in [2.05, 4.69) is 5.32 Å². The Hall–Kier alpha value is -2.80. The summed E-state index contributed by atoms with van der Waals surface area (Å²) in [6.45, 7) is 2.09. The summed E-state index contributed by atoms with van der Waals surface area (Å²) in [6, 6.07) is 14.7. The van der Waals surface area contributed by atoms with Crippen molar-refractivity contribution in [3.05, 3.63) is 65.9 Å². The molecule has 0 bridgehead atoms. The number of benzene rings is 2. The zero-order valence-electron chi connectivity index (χ0n) is 14.3. The van der Waals surface area contributed by atoms with Crippen LogP contribution >= 0.6 is 0 Å². The fourth-order valence-corrected chi connectivity index (χ4v) is 4.51. The molecule has 26 heavy (non-hydrogen) atoms. The lowest BCUT2D eigenvalue weighted by molar-refractivity contribution is -0.122. The molecule has 1 aliphatic heterocycles. The van der Waals surface area contributed by atoms with Gasteiger partial charge >= 0.3 is 0 Å². The molecule has 6 nitrogen and oxygen atoms in total. The van der Waals surface area contributed by atoms with E-state index < -0.39 is 15.9 Å². The Bertz CT molecular complexity index is 935. The molecule has 0 radical (unpaired) electrons. The summed E-state index contributed by atoms with van der Waals surface area (Å²) in [5.41, 5.74) is 1.01. The summed E-state index contributed by atoms with van der Waals surface area (Å²) in [7, 11) is -3.93. The molecular weight excluding hydrogens is 352 g/mol. The fraction of sp³-hybridized carbons (Fsp3) is 0.211. The number of anilines is 1. The first-order valence-electron chi connectivity index (χ1n) is 8.38. The zero-order valence-corrected chi connectivity index (χ0v) is 15.2. The second-order valence-corrected chi connectivity index (χ2v) is 7.78. The van der Waals surface area contributed by atoms with E-state index in [0.29, 0.717) is 17.7 Å². The molecule has 3 rings (SSSR count). The van der Waals surface area contributed by atoms with Gasteiger partial charge in [0.15, 0.2) is 0 Å². The lowest BCUT2D eigenvalue weighted by Crippen LogP contribution is -2.33. The van der Waals surface area contributed by atoms with Crippen molar-refractivity contribution >= 4 is 26.5 Å². The molecule has 0 saturated carbocycles. The number of nitrogens with one attached hydrogen (secondary N) is 1. The molecule has 1 aliphatic rings. The van der Waals surface area contributed by atoms with Crippen LogP contribution < -0.4 is 5.32 Å². The molecule has 2 N–H and O–H groups in total. The Balaban J connectivity index is 2.10. The summed E-state index contributed by atoms with van der Waals surface area (Å²) in [4.78, 5) is 12.8. The van der Waals surface area contributed by atoms with Crippen LogP contribution in [0.5, 0.6) is 5.75 Å². The number of hydrogen-bond acceptors (Lipinski definition) is 5. The average Bonchev–Trinajstić information content (AvgIpc) is 2.81. The largest absolute Gasteiger partial charge is 0.508 e. The third-order valence-electron chi connectivity index (χ3n) is 4.10. The van der Waals surface area contributed by atoms with Gasteiger partial charge in [-0.3, -0.25) is 4.79 Å². The first kappa shape index (κ1) is 18.0. The monoisotopic (exact) mass is 372 g/mol. The van der Waals surface area contributed by atoms with Crippen molar-refractivity contribution in [2.45, 2.75) is 19.8 Å². The van der Waals surface area contributed by atoms with Gasteiger partial charge in [-0.15, -0.1) is 0 Å². The van der Waals surface area contributed by atoms with E-state index >= 15 is 0 Å². The highest BCUT2D eigenvalue weighted by atomic mass is 32.2. The topological polar surface area (TPSA) is 86.7 Å². The molecule has 2 aromatic carbocycles. The van der Waals surface area contributed by atoms with Gasteiger partial charge in [-0.2, -0.15) is 0 Å². The SMILES string of the molecule is CCCCN1C(=O)C(Nc2ccc(O)cc2)=C(c2ccccc2)S1(=O)=O. The van der Waals surface area contributed by atoms with E-state index in [1.807, 2.05) is 6.92 Å². The van der Waals surface area contributed by atoms with Crippen LogP contribution in [0.4, 0.5) is 5.69 Å². The first-order valence-corrected chi connectivity index (χ1v) is 9.82. The maximum atomic E-state index is 13.0. The quantitative estimate of drug-likeness (QED) is 0.761. The molecule has 1 heterocycles. The molecule has 1 amide bonds. The highest BCUT2D eigenvalue weighted by Gasteiger charge is 2.44. The maximum absolute atomic E-state index is 13.0. The van der Waals surface area contributed by atoms with Crippen molar-refractivity contribution in [3.63, 3.8) is 0 Å². The number of carbonyl (C=O) groups is 1. The number of aromatic hydroxyl groups is 1. The fourth-order valence-electron chi connectivity index (χ4n) is 2.78. The Morgan fingerprint density at radius 3 is 2.31 bits per heavy atom. The molecule has 7 heteroatoms. The third kappa shape index (κ3) is 3.30. The Kier molecular flexibility index (Phi) is 4.99. The second kappa shape index (κ2) is 7.21. The lowest BCUT2D eigenvalue weighted by Gasteiger charge is -2.16. The number of hydrogen-bond donors (Lipinski definition) is 2. The summed E-state index contributed by atoms with van der Waals surface area (Å²) >= 11 is 0. The average molecular weight is 372 g/mol. The molecule has 0 aliphatic carbocycles. The van der Waals surface area contributed by atoms with Crippen LogP contribution in [0.15, 0.2) is 60.3 Å². The third-order valence-corrected chi connectivity index (χ3v) is 5.99. The Morgan fingerprint density at radius 2 is 1.69 bits per heavy atom. The van der Waals surface area contributed by atoms with Crippen LogP contribution in [-0.4, -0.2) is 30.3 Å². The van der Waals surface area contributed by atoms with E-state index in [4.69, 9.17) is 0 Å². The number of unbranched alkanes of at least 4 members (excludes halogenated alkanes) is 1. The molecule has 0 saturated heterocycles. The summed E-state index contributed by atoms with van der Waals surface area (Å²) < 4.78 is 27.0. The zero-order chi connectivity index (χ0) is 18.7. The van der Waals surface area contributed by atoms with Crippen LogP contribution in [0.2, 0.25) is 0 Å². The maximum Gasteiger partial charge on any atom is 0.285 e. The number of phenols is 1. The standard InChI is InChI=1S/C19H20N2O4S/c1-2-3-13-21-19(23)17(20-15-9-11-16(22)12-10-15)18(26(21,24)25)14-7-5-4-6-8-14/h4-12,20,22H,2-3,13H2,1H3. The second-order valence-electron chi connectivity index (χ2n) is 5.98. The van der Waals surface area contributed by atoms with Gasteiger partial charge in [0.1, 0.15) is 16.4 Å². The molecule has 0 fully saturated rings. The molecule has 0 unspecified atom stereocenters. The highest BCUT2D eigenvalue weighted by Crippen LogP contribution is 2.36. The number of carbonyl (C=O) groups excluding carboxylic acids is 1. The smallest absolute Gasteiger partial charge is 0.285 e. The number of rotatable bonds is 6. The van der Waals surface area contributed by atoms with Gasteiger partial charge < -0.3 is 10.4 Å². The highest BCUT2D eigenvalue weighted by molar-refractivity contribution is 7.99. The minimum atomic E-state index is -3.93. The molecule has 136 valence electrons. The summed E-state index contributed by atoms with van der Waals surface area (Å²) in [6.07, 6.45) is 1.38. The van der Waals surface area contributed by atoms with E-state index in [1.165, 1.54) is 12.1 Å². The van der Waals surface area contributed by atoms with Gasteiger partial charge in [0.25, 0.3) is 15.9 Å². The van der Waals surface area contributed by atoms with Crippen LogP contribution in [0, 0.1) is 0 Å². The van der Waals surface area contributed by atoms with Crippen LogP contribution in [-0.2, 0) is 14.8 Å². The van der Waals surface area contributed by atoms with E-state index in [0.717, 1.165) is 10.7 Å². The van der Waals surface area contributed by atoms with E-state index in [9.17, 15) is 18.3 Å². The van der Waals surface area contributed by atoms with Crippen molar-refractivity contribution in [1.82, 2.24) is 4.31 Å². The summed E-state index contributed by atoms with van der Waals surface area (Å²) in [5, 5.41) is 12.3. The van der Waals surface area contributed by atoms with Gasteiger partial charge in [0.05, 0.1) is 0 Å². The van der Waals surface area contributed by atoms with Gasteiger partial charge in [-0.05, 0) is 36.2 Å². The number of sulfonamides is 1. The lowest BCUT2D eigenvalue weighted by atomic mass is 10.1. The normalized spacial score (nSPS) is 16.2. The minimum absolute atomic E-state index is 0.0210. The van der Waals surface area contributed by atoms with Gasteiger partial charge in [0, 0.05) is 12.2 Å². The molecule has 0 spiro atoms. The number of amides is 1. The number of phenolic OH excluding ortho intramolecular Hbond substituents is 1. The van der Waals surface area contributed by atoms with E-state index in [1.54, 1.807) is 42.5 Å².